The van der Waals surface area contributed by atoms with Gasteiger partial charge in [-0.05, 0) is 25.0 Å². The Balaban J connectivity index is 1.97. The van der Waals surface area contributed by atoms with Crippen LogP contribution in [0, 0.1) is 25.2 Å². The number of ether oxygens (including phenoxy) is 2. The normalized spacial score (nSPS) is 15.0. The largest absolute Gasteiger partial charge is 0.586 e. The number of halogens is 2. The fraction of sp³-hybridized carbons (Fsp3) is 0.368. The second-order valence-corrected chi connectivity index (χ2v) is 7.88. The van der Waals surface area contributed by atoms with Crippen LogP contribution >= 0.6 is 11.3 Å². The summed E-state index contributed by atoms with van der Waals surface area (Å²) in [6, 6.07) is 3.95. The number of hydrogen-bond acceptors (Lipinski definition) is 4. The number of nitrogens with zero attached hydrogens (tertiary/aromatic N) is 3. The first-order valence-corrected chi connectivity index (χ1v) is 9.36. The molecule has 0 aliphatic carbocycles. The summed E-state index contributed by atoms with van der Waals surface area (Å²) in [4.78, 5) is 19.6. The Labute approximate surface area is 165 Å². The first-order chi connectivity index (χ1) is 13.2. The van der Waals surface area contributed by atoms with E-state index in [9.17, 15) is 13.6 Å². The second-order valence-electron chi connectivity index (χ2n) is 6.67. The number of aryl methyl sites for hydroxylation is 1. The number of hydrogen-bond donors (Lipinski definition) is 0. The van der Waals surface area contributed by atoms with Gasteiger partial charge in [-0.1, -0.05) is 19.8 Å². The Morgan fingerprint density at radius 2 is 2.11 bits per heavy atom. The van der Waals surface area contributed by atoms with Gasteiger partial charge in [0.1, 0.15) is 0 Å². The monoisotopic (exact) mass is 407 g/mol. The molecule has 2 amide bonds. The number of urea groups is 1. The van der Waals surface area contributed by atoms with Crippen molar-refractivity contribution in [2.75, 3.05) is 13.1 Å². The molecule has 28 heavy (non-hydrogen) atoms. The third-order valence-electron chi connectivity index (χ3n) is 3.76. The molecular weight excluding hydrogens is 388 g/mol. The molecular formula is C19H19F2N3O3S. The Morgan fingerprint density at radius 3 is 2.79 bits per heavy atom. The molecule has 0 bridgehead atoms. The van der Waals surface area contributed by atoms with Crippen molar-refractivity contribution in [2.45, 2.75) is 27.1 Å². The fourth-order valence-electron chi connectivity index (χ4n) is 2.72. The summed E-state index contributed by atoms with van der Waals surface area (Å²) in [7, 11) is 0. The summed E-state index contributed by atoms with van der Waals surface area (Å²) >= 11 is 1.30. The van der Waals surface area contributed by atoms with Gasteiger partial charge < -0.3 is 14.4 Å². The van der Waals surface area contributed by atoms with E-state index in [0.717, 1.165) is 4.88 Å². The van der Waals surface area contributed by atoms with E-state index in [-0.39, 0.29) is 24.0 Å². The molecule has 3 rings (SSSR count). The van der Waals surface area contributed by atoms with Crippen LogP contribution in [0.4, 0.5) is 13.6 Å². The van der Waals surface area contributed by atoms with Crippen molar-refractivity contribution in [3.63, 3.8) is 0 Å². The van der Waals surface area contributed by atoms with Gasteiger partial charge in [-0.25, -0.2) is 4.79 Å². The molecule has 0 spiro atoms. The fourth-order valence-corrected chi connectivity index (χ4v) is 3.55. The maximum absolute atomic E-state index is 13.3. The Hall–Kier alpha value is -2.86. The number of rotatable bonds is 4. The average Bonchev–Trinajstić information content (AvgIpc) is 3.10. The molecule has 0 radical (unpaired) electrons. The van der Waals surface area contributed by atoms with Crippen LogP contribution in [-0.2, 0) is 0 Å². The molecule has 6 nitrogen and oxygen atoms in total. The van der Waals surface area contributed by atoms with Crippen LogP contribution in [0.25, 0.3) is 5.69 Å². The van der Waals surface area contributed by atoms with E-state index in [1.807, 2.05) is 20.8 Å². The lowest BCUT2D eigenvalue weighted by Crippen LogP contribution is -2.34. The van der Waals surface area contributed by atoms with Gasteiger partial charge in [0, 0.05) is 23.7 Å². The molecule has 0 saturated heterocycles. The van der Waals surface area contributed by atoms with Crippen molar-refractivity contribution in [2.24, 2.45) is 10.9 Å². The second kappa shape index (κ2) is 7.64. The molecule has 2 aromatic rings. The van der Waals surface area contributed by atoms with E-state index in [0.29, 0.717) is 17.0 Å². The van der Waals surface area contributed by atoms with Crippen molar-refractivity contribution in [3.05, 3.63) is 34.1 Å². The number of alkyl halides is 2. The van der Waals surface area contributed by atoms with Gasteiger partial charge in [0.2, 0.25) is 0 Å². The van der Waals surface area contributed by atoms with Gasteiger partial charge in [-0.15, -0.1) is 26.5 Å². The maximum atomic E-state index is 13.3. The summed E-state index contributed by atoms with van der Waals surface area (Å²) < 4.78 is 37.1. The highest BCUT2D eigenvalue weighted by atomic mass is 32.1. The van der Waals surface area contributed by atoms with Crippen LogP contribution in [-0.4, -0.2) is 34.9 Å². The molecule has 1 aliphatic rings. The Kier molecular flexibility index (Phi) is 5.42. The first kappa shape index (κ1) is 19.9. The zero-order valence-corrected chi connectivity index (χ0v) is 16.4. The molecule has 1 aromatic carbocycles. The van der Waals surface area contributed by atoms with E-state index in [2.05, 4.69) is 20.4 Å². The van der Waals surface area contributed by atoms with Crippen LogP contribution in [0.3, 0.4) is 0 Å². The topological polar surface area (TPSA) is 56.1 Å². The standard InChI is InChI=1S/C19H19F2N3O3S/c1-5-8-23(10-12(2)3)17(25)22-18-24(11-13(4)28-18)14-6-7-15-16(9-14)27-19(20,21)26-15/h1,6-7,9,11-12H,8,10H2,2-4H3/b22-18-. The van der Waals surface area contributed by atoms with Gasteiger partial charge in [-0.3, -0.25) is 4.57 Å². The lowest BCUT2D eigenvalue weighted by Gasteiger charge is -2.19. The highest BCUT2D eigenvalue weighted by Crippen LogP contribution is 2.41. The molecule has 0 saturated carbocycles. The lowest BCUT2D eigenvalue weighted by molar-refractivity contribution is -0.286. The van der Waals surface area contributed by atoms with Crippen molar-refractivity contribution in [3.8, 4) is 29.5 Å². The first-order valence-electron chi connectivity index (χ1n) is 8.55. The van der Waals surface area contributed by atoms with E-state index < -0.39 is 12.3 Å². The quantitative estimate of drug-likeness (QED) is 0.725. The number of carbonyl (C=O) groups excluding carboxylic acids is 1. The number of benzene rings is 1. The van der Waals surface area contributed by atoms with Gasteiger partial charge in [0.25, 0.3) is 0 Å². The van der Waals surface area contributed by atoms with Crippen molar-refractivity contribution < 1.29 is 23.0 Å². The predicted octanol–water partition coefficient (Wildman–Crippen LogP) is 3.78. The van der Waals surface area contributed by atoms with Crippen molar-refractivity contribution in [1.29, 1.82) is 0 Å². The zero-order chi connectivity index (χ0) is 20.5. The minimum Gasteiger partial charge on any atom is -0.395 e. The van der Waals surface area contributed by atoms with Gasteiger partial charge in [0.05, 0.1) is 12.2 Å². The minimum atomic E-state index is -3.69. The number of terminal acetylenes is 1. The third-order valence-corrected chi connectivity index (χ3v) is 4.66. The number of carbonyl (C=O) groups is 1. The molecule has 0 fully saturated rings. The van der Waals surface area contributed by atoms with Gasteiger partial charge in [-0.2, -0.15) is 4.99 Å². The van der Waals surface area contributed by atoms with Crippen LogP contribution in [0.1, 0.15) is 18.7 Å². The van der Waals surface area contributed by atoms with Crippen molar-refractivity contribution >= 4 is 17.4 Å². The van der Waals surface area contributed by atoms with E-state index >= 15 is 0 Å². The number of amides is 2. The van der Waals surface area contributed by atoms with Crippen molar-refractivity contribution in [1.82, 2.24) is 9.47 Å². The summed E-state index contributed by atoms with van der Waals surface area (Å²) in [5.41, 5.74) is 0.517. The summed E-state index contributed by atoms with van der Waals surface area (Å²) in [6.45, 7) is 6.46. The molecule has 2 heterocycles. The Morgan fingerprint density at radius 1 is 1.39 bits per heavy atom. The number of thiazole rings is 1. The Bertz CT molecular complexity index is 1000. The summed E-state index contributed by atoms with van der Waals surface area (Å²) in [6.07, 6.45) is 3.44. The summed E-state index contributed by atoms with van der Waals surface area (Å²) in [5, 5.41) is 0. The highest BCUT2D eigenvalue weighted by Gasteiger charge is 2.43. The molecule has 0 unspecified atom stereocenters. The number of aromatic nitrogens is 1. The van der Waals surface area contributed by atoms with E-state index in [1.54, 1.807) is 16.8 Å². The SMILES string of the molecule is C#CCN(CC(C)C)C(=O)/N=c1\sc(C)cn1-c1ccc2c(c1)OC(F)(F)O2. The van der Waals surface area contributed by atoms with Crippen LogP contribution in [0.2, 0.25) is 0 Å². The molecule has 0 atom stereocenters. The van der Waals surface area contributed by atoms with Crippen LogP contribution in [0.5, 0.6) is 11.5 Å². The molecule has 1 aliphatic heterocycles. The lowest BCUT2D eigenvalue weighted by atomic mass is 10.2. The molecule has 9 heteroatoms. The van der Waals surface area contributed by atoms with Crippen LogP contribution in [0.15, 0.2) is 29.4 Å². The zero-order valence-electron chi connectivity index (χ0n) is 15.6. The number of fused-ring (bicyclic) bond motifs is 1. The maximum Gasteiger partial charge on any atom is 0.586 e. The van der Waals surface area contributed by atoms with E-state index in [1.165, 1.54) is 28.4 Å². The summed E-state index contributed by atoms with van der Waals surface area (Å²) in [5.74, 6) is 2.58. The third kappa shape index (κ3) is 4.34. The van der Waals surface area contributed by atoms with Gasteiger partial charge in [0.15, 0.2) is 16.3 Å². The van der Waals surface area contributed by atoms with Gasteiger partial charge >= 0.3 is 12.3 Å². The highest BCUT2D eigenvalue weighted by molar-refractivity contribution is 7.09. The average molecular weight is 407 g/mol. The molecule has 148 valence electrons. The molecule has 1 aromatic heterocycles. The molecule has 0 N–H and O–H groups in total. The predicted molar refractivity (Wildman–Crippen MR) is 101 cm³/mol. The van der Waals surface area contributed by atoms with E-state index in [4.69, 9.17) is 6.42 Å². The van der Waals surface area contributed by atoms with Crippen LogP contribution < -0.4 is 14.3 Å². The minimum absolute atomic E-state index is 0.0482. The smallest absolute Gasteiger partial charge is 0.395 e.